The van der Waals surface area contributed by atoms with E-state index in [1.165, 1.54) is 0 Å². The van der Waals surface area contributed by atoms with Crippen molar-refractivity contribution in [3.8, 4) is 67.7 Å². The fourth-order valence-electron chi connectivity index (χ4n) is 7.24. The Bertz CT molecular complexity index is 2920. The monoisotopic (exact) mass is 678 g/mol. The number of hydrogen-bond acceptors (Lipinski definition) is 5. The van der Waals surface area contributed by atoms with Crippen LogP contribution >= 0.6 is 0 Å². The summed E-state index contributed by atoms with van der Waals surface area (Å²) in [5.74, 6) is 1.87. The molecule has 248 valence electrons. The van der Waals surface area contributed by atoms with Crippen molar-refractivity contribution in [1.82, 2.24) is 19.9 Å². The highest BCUT2D eigenvalue weighted by molar-refractivity contribution is 6.22. The third-order valence-corrected chi connectivity index (χ3v) is 9.79. The SMILES string of the molecule is c1ccc(-c2cccc(-c3nc(-c4ccccc4)nc(-c4ccc(-c5cccc6oc7c8ccccc8c(-c8ccccn8)cc7c56)cc4)n3)c2)cc1. The summed E-state index contributed by atoms with van der Waals surface area (Å²) in [5.41, 5.74) is 10.9. The van der Waals surface area contributed by atoms with E-state index in [9.17, 15) is 0 Å². The van der Waals surface area contributed by atoms with E-state index in [0.29, 0.717) is 17.5 Å². The van der Waals surface area contributed by atoms with E-state index in [2.05, 4.69) is 121 Å². The molecule has 0 unspecified atom stereocenters. The summed E-state index contributed by atoms with van der Waals surface area (Å²) in [6.07, 6.45) is 1.84. The van der Waals surface area contributed by atoms with Gasteiger partial charge < -0.3 is 4.42 Å². The van der Waals surface area contributed by atoms with Gasteiger partial charge in [-0.25, -0.2) is 15.0 Å². The molecule has 0 aliphatic heterocycles. The average molecular weight is 679 g/mol. The molecule has 3 heterocycles. The first-order chi connectivity index (χ1) is 26.3. The van der Waals surface area contributed by atoms with Gasteiger partial charge >= 0.3 is 0 Å². The minimum atomic E-state index is 0.615. The van der Waals surface area contributed by atoms with Crippen LogP contribution in [-0.2, 0) is 0 Å². The summed E-state index contributed by atoms with van der Waals surface area (Å²) >= 11 is 0. The molecule has 0 bridgehead atoms. The van der Waals surface area contributed by atoms with E-state index in [4.69, 9.17) is 24.4 Å². The number of pyridine rings is 1. The third kappa shape index (κ3) is 5.52. The van der Waals surface area contributed by atoms with E-state index in [0.717, 1.165) is 82.9 Å². The zero-order valence-corrected chi connectivity index (χ0v) is 28.5. The second-order valence-corrected chi connectivity index (χ2v) is 13.0. The number of aromatic nitrogens is 4. The Labute approximate surface area is 305 Å². The first kappa shape index (κ1) is 30.6. The summed E-state index contributed by atoms with van der Waals surface area (Å²) in [6, 6.07) is 60.2. The molecule has 3 aromatic heterocycles. The van der Waals surface area contributed by atoms with Crippen molar-refractivity contribution in [1.29, 1.82) is 0 Å². The van der Waals surface area contributed by atoms with Crippen molar-refractivity contribution in [2.24, 2.45) is 0 Å². The molecule has 0 atom stereocenters. The molecule has 10 rings (SSSR count). The van der Waals surface area contributed by atoms with Gasteiger partial charge in [0.2, 0.25) is 0 Å². The van der Waals surface area contributed by atoms with E-state index in [1.807, 2.05) is 60.8 Å². The van der Waals surface area contributed by atoms with Crippen LogP contribution in [0.5, 0.6) is 0 Å². The van der Waals surface area contributed by atoms with Crippen molar-refractivity contribution in [3.63, 3.8) is 0 Å². The molecule has 53 heavy (non-hydrogen) atoms. The smallest absolute Gasteiger partial charge is 0.164 e. The fourth-order valence-corrected chi connectivity index (χ4v) is 7.24. The summed E-state index contributed by atoms with van der Waals surface area (Å²) in [5, 5.41) is 4.32. The lowest BCUT2D eigenvalue weighted by molar-refractivity contribution is 0.673. The minimum Gasteiger partial charge on any atom is -0.455 e. The largest absolute Gasteiger partial charge is 0.455 e. The van der Waals surface area contributed by atoms with Gasteiger partial charge in [0.15, 0.2) is 17.5 Å². The molecule has 5 nitrogen and oxygen atoms in total. The molecule has 7 aromatic carbocycles. The Morgan fingerprint density at radius 3 is 1.68 bits per heavy atom. The Hall–Kier alpha value is -7.24. The van der Waals surface area contributed by atoms with Gasteiger partial charge in [-0.1, -0.05) is 146 Å². The Kier molecular flexibility index (Phi) is 7.40. The maximum Gasteiger partial charge on any atom is 0.164 e. The second kappa shape index (κ2) is 12.8. The predicted octanol–water partition coefficient (Wildman–Crippen LogP) is 12.3. The van der Waals surface area contributed by atoms with Gasteiger partial charge in [0.05, 0.1) is 5.69 Å². The highest BCUT2D eigenvalue weighted by Crippen LogP contribution is 2.43. The van der Waals surface area contributed by atoms with E-state index < -0.39 is 0 Å². The van der Waals surface area contributed by atoms with Gasteiger partial charge in [-0.3, -0.25) is 4.98 Å². The summed E-state index contributed by atoms with van der Waals surface area (Å²) < 4.78 is 6.61. The molecule has 10 aromatic rings. The van der Waals surface area contributed by atoms with Gasteiger partial charge in [0.25, 0.3) is 0 Å². The quantitative estimate of drug-likeness (QED) is 0.175. The van der Waals surface area contributed by atoms with Crippen LogP contribution in [0, 0.1) is 0 Å². The van der Waals surface area contributed by atoms with Crippen LogP contribution in [0.3, 0.4) is 0 Å². The van der Waals surface area contributed by atoms with E-state index in [1.54, 1.807) is 0 Å². The van der Waals surface area contributed by atoms with Crippen LogP contribution in [0.4, 0.5) is 0 Å². The molecule has 0 aliphatic rings. The van der Waals surface area contributed by atoms with Gasteiger partial charge in [-0.15, -0.1) is 0 Å². The first-order valence-electron chi connectivity index (χ1n) is 17.6. The maximum atomic E-state index is 6.61. The Balaban J connectivity index is 1.10. The van der Waals surface area contributed by atoms with Crippen LogP contribution in [0.1, 0.15) is 0 Å². The van der Waals surface area contributed by atoms with E-state index >= 15 is 0 Å². The standard InChI is InChI=1S/C48H30N4O/c1-3-13-31(14-4-1)35-17-11-18-36(29-35)48-51-46(33-15-5-2-6-16-33)50-47(52-48)34-26-24-32(25-27-34)37-21-12-23-43-44(37)41-30-40(42-22-9-10-28-49-42)38-19-7-8-20-39(38)45(41)53-43/h1-30H. The minimum absolute atomic E-state index is 0.615. The van der Waals surface area contributed by atoms with Gasteiger partial charge in [0.1, 0.15) is 11.2 Å². The molecule has 0 fully saturated rings. The van der Waals surface area contributed by atoms with Crippen LogP contribution in [0.25, 0.3) is 100 Å². The molecule has 5 heteroatoms. The molecule has 0 N–H and O–H groups in total. The molecular weight excluding hydrogens is 649 g/mol. The maximum absolute atomic E-state index is 6.61. The lowest BCUT2D eigenvalue weighted by Crippen LogP contribution is -2.00. The summed E-state index contributed by atoms with van der Waals surface area (Å²) in [6.45, 7) is 0. The predicted molar refractivity (Wildman–Crippen MR) is 215 cm³/mol. The summed E-state index contributed by atoms with van der Waals surface area (Å²) in [4.78, 5) is 19.7. The van der Waals surface area contributed by atoms with Crippen LogP contribution in [0.2, 0.25) is 0 Å². The van der Waals surface area contributed by atoms with Crippen LogP contribution in [0.15, 0.2) is 187 Å². The van der Waals surface area contributed by atoms with Crippen molar-refractivity contribution in [2.45, 2.75) is 0 Å². The highest BCUT2D eigenvalue weighted by Gasteiger charge is 2.19. The second-order valence-electron chi connectivity index (χ2n) is 13.0. The zero-order chi connectivity index (χ0) is 35.1. The Morgan fingerprint density at radius 1 is 0.358 bits per heavy atom. The van der Waals surface area contributed by atoms with Crippen molar-refractivity contribution < 1.29 is 4.42 Å². The fraction of sp³-hybridized carbons (Fsp3) is 0. The van der Waals surface area contributed by atoms with Gasteiger partial charge in [-0.2, -0.15) is 0 Å². The first-order valence-corrected chi connectivity index (χ1v) is 17.6. The normalized spacial score (nSPS) is 11.4. The van der Waals surface area contributed by atoms with Gasteiger partial charge in [-0.05, 0) is 58.0 Å². The zero-order valence-electron chi connectivity index (χ0n) is 28.5. The molecule has 0 aliphatic carbocycles. The molecule has 0 spiro atoms. The topological polar surface area (TPSA) is 64.7 Å². The number of nitrogens with zero attached hydrogens (tertiary/aromatic N) is 4. The number of furan rings is 1. The third-order valence-electron chi connectivity index (χ3n) is 9.79. The highest BCUT2D eigenvalue weighted by atomic mass is 16.3. The van der Waals surface area contributed by atoms with Crippen LogP contribution in [-0.4, -0.2) is 19.9 Å². The molecule has 0 radical (unpaired) electrons. The molecule has 0 saturated carbocycles. The van der Waals surface area contributed by atoms with Crippen LogP contribution < -0.4 is 0 Å². The van der Waals surface area contributed by atoms with Crippen molar-refractivity contribution >= 4 is 32.7 Å². The molecule has 0 saturated heterocycles. The molecule has 0 amide bonds. The average Bonchev–Trinajstić information content (AvgIpc) is 3.63. The number of benzene rings is 7. The van der Waals surface area contributed by atoms with Crippen molar-refractivity contribution in [3.05, 3.63) is 182 Å². The Morgan fingerprint density at radius 2 is 0.943 bits per heavy atom. The van der Waals surface area contributed by atoms with Crippen molar-refractivity contribution in [2.75, 3.05) is 0 Å². The van der Waals surface area contributed by atoms with Gasteiger partial charge in [0, 0.05) is 44.6 Å². The molecular formula is C48H30N4O. The number of rotatable bonds is 6. The van der Waals surface area contributed by atoms with E-state index in [-0.39, 0.29) is 0 Å². The summed E-state index contributed by atoms with van der Waals surface area (Å²) in [7, 11) is 0. The lowest BCUT2D eigenvalue weighted by atomic mass is 9.94. The number of hydrogen-bond donors (Lipinski definition) is 0. The lowest BCUT2D eigenvalue weighted by Gasteiger charge is -2.10. The number of fused-ring (bicyclic) bond motifs is 5.